The Bertz CT molecular complexity index is 459. The Morgan fingerprint density at radius 2 is 2.14 bits per heavy atom. The average Bonchev–Trinajstić information content (AvgIpc) is 2.52. The van der Waals surface area contributed by atoms with Gasteiger partial charge in [0.05, 0.1) is 0 Å². The molecule has 4 heteroatoms. The van der Waals surface area contributed by atoms with E-state index in [0.717, 1.165) is 22.6 Å². The maximum atomic E-state index is 5.68. The molecule has 2 aromatic rings. The molecule has 0 radical (unpaired) electrons. The third-order valence-electron chi connectivity index (χ3n) is 2.20. The Morgan fingerprint density at radius 1 is 1.36 bits per heavy atom. The molecule has 0 atom stereocenters. The number of rotatable bonds is 1. The molecule has 0 aliphatic rings. The van der Waals surface area contributed by atoms with Crippen molar-refractivity contribution in [1.82, 2.24) is 14.8 Å². The Kier molecular flexibility index (Phi) is 1.96. The van der Waals surface area contributed by atoms with Gasteiger partial charge in [0.25, 0.3) is 0 Å². The minimum atomic E-state index is 0.772. The summed E-state index contributed by atoms with van der Waals surface area (Å²) >= 11 is 0. The Morgan fingerprint density at radius 3 is 2.71 bits per heavy atom. The summed E-state index contributed by atoms with van der Waals surface area (Å²) in [6, 6.07) is 5.77. The lowest BCUT2D eigenvalue weighted by Gasteiger charge is -2.05. The van der Waals surface area contributed by atoms with Gasteiger partial charge in [-0.3, -0.25) is 0 Å². The summed E-state index contributed by atoms with van der Waals surface area (Å²) in [6.45, 7) is 2.01. The zero-order valence-corrected chi connectivity index (χ0v) is 8.23. The van der Waals surface area contributed by atoms with E-state index in [-0.39, 0.29) is 0 Å². The highest BCUT2D eigenvalue weighted by atomic mass is 15.3. The second kappa shape index (κ2) is 3.14. The summed E-state index contributed by atoms with van der Waals surface area (Å²) in [6.07, 6.45) is 1.55. The van der Waals surface area contributed by atoms with Crippen LogP contribution in [0.4, 0.5) is 5.69 Å². The molecule has 1 heterocycles. The molecule has 1 aromatic carbocycles. The molecule has 0 saturated carbocycles. The van der Waals surface area contributed by atoms with E-state index in [2.05, 4.69) is 10.1 Å². The fourth-order valence-corrected chi connectivity index (χ4v) is 1.48. The molecule has 0 unspecified atom stereocenters. The molecule has 14 heavy (non-hydrogen) atoms. The number of nitrogens with zero attached hydrogens (tertiary/aromatic N) is 3. The van der Waals surface area contributed by atoms with Crippen LogP contribution in [0.3, 0.4) is 0 Å². The van der Waals surface area contributed by atoms with Crippen LogP contribution in [0.5, 0.6) is 0 Å². The van der Waals surface area contributed by atoms with Crippen LogP contribution in [-0.4, -0.2) is 14.8 Å². The van der Waals surface area contributed by atoms with Gasteiger partial charge in [-0.05, 0) is 30.7 Å². The van der Waals surface area contributed by atoms with Gasteiger partial charge in [-0.1, -0.05) is 0 Å². The second-order valence-corrected chi connectivity index (χ2v) is 3.28. The predicted molar refractivity (Wildman–Crippen MR) is 55.6 cm³/mol. The summed E-state index contributed by atoms with van der Waals surface area (Å²) < 4.78 is 1.75. The molecule has 1 aromatic heterocycles. The van der Waals surface area contributed by atoms with Crippen LogP contribution in [0.25, 0.3) is 11.4 Å². The fraction of sp³-hybridized carbons (Fsp3) is 0.200. The van der Waals surface area contributed by atoms with Gasteiger partial charge in [-0.2, -0.15) is 5.10 Å². The second-order valence-electron chi connectivity index (χ2n) is 3.28. The van der Waals surface area contributed by atoms with Crippen LogP contribution < -0.4 is 5.73 Å². The fourth-order valence-electron chi connectivity index (χ4n) is 1.48. The van der Waals surface area contributed by atoms with Crippen LogP contribution in [0, 0.1) is 6.92 Å². The number of nitrogen functional groups attached to an aromatic ring is 1. The minimum absolute atomic E-state index is 0.772. The lowest BCUT2D eigenvalue weighted by atomic mass is 10.1. The average molecular weight is 188 g/mol. The first-order valence-corrected chi connectivity index (χ1v) is 4.39. The molecular formula is C10H12N4. The number of benzene rings is 1. The number of aromatic nitrogens is 3. The number of nitrogens with two attached hydrogens (primary N) is 1. The van der Waals surface area contributed by atoms with Crippen molar-refractivity contribution in [1.29, 1.82) is 0 Å². The van der Waals surface area contributed by atoms with Gasteiger partial charge < -0.3 is 5.73 Å². The van der Waals surface area contributed by atoms with Gasteiger partial charge in [0.1, 0.15) is 6.33 Å². The normalized spacial score (nSPS) is 10.4. The van der Waals surface area contributed by atoms with Crippen molar-refractivity contribution in [2.45, 2.75) is 6.92 Å². The molecule has 0 aliphatic heterocycles. The van der Waals surface area contributed by atoms with Crippen LogP contribution in [0.15, 0.2) is 24.5 Å². The van der Waals surface area contributed by atoms with E-state index in [0.29, 0.717) is 0 Å². The van der Waals surface area contributed by atoms with Crippen LogP contribution >= 0.6 is 0 Å². The molecule has 0 saturated heterocycles. The highest BCUT2D eigenvalue weighted by Gasteiger charge is 2.06. The number of aryl methyl sites for hydroxylation is 2. The molecule has 2 N–H and O–H groups in total. The van der Waals surface area contributed by atoms with Crippen LogP contribution in [0.2, 0.25) is 0 Å². The SMILES string of the molecule is Cc1cc(N)ccc1-c1ncnn1C. The monoisotopic (exact) mass is 188 g/mol. The molecule has 0 aliphatic carbocycles. The van der Waals surface area contributed by atoms with E-state index in [1.165, 1.54) is 0 Å². The lowest BCUT2D eigenvalue weighted by molar-refractivity contribution is 0.774. The maximum absolute atomic E-state index is 5.68. The smallest absolute Gasteiger partial charge is 0.158 e. The summed E-state index contributed by atoms with van der Waals surface area (Å²) in [5, 5.41) is 4.03. The van der Waals surface area contributed by atoms with Gasteiger partial charge in [0.2, 0.25) is 0 Å². The molecule has 72 valence electrons. The Balaban J connectivity index is 2.58. The van der Waals surface area contributed by atoms with Crippen LogP contribution in [-0.2, 0) is 7.05 Å². The maximum Gasteiger partial charge on any atom is 0.158 e. The quantitative estimate of drug-likeness (QED) is 0.688. The highest BCUT2D eigenvalue weighted by Crippen LogP contribution is 2.22. The molecule has 4 nitrogen and oxygen atoms in total. The molecular weight excluding hydrogens is 176 g/mol. The summed E-state index contributed by atoms with van der Waals surface area (Å²) in [4.78, 5) is 4.19. The van der Waals surface area contributed by atoms with Gasteiger partial charge in [0.15, 0.2) is 5.82 Å². The first kappa shape index (κ1) is 8.74. The topological polar surface area (TPSA) is 56.7 Å². The van der Waals surface area contributed by atoms with Gasteiger partial charge >= 0.3 is 0 Å². The van der Waals surface area contributed by atoms with Crippen molar-refractivity contribution in [3.05, 3.63) is 30.1 Å². The molecule has 0 amide bonds. The van der Waals surface area contributed by atoms with Crippen molar-refractivity contribution in [2.75, 3.05) is 5.73 Å². The van der Waals surface area contributed by atoms with Crippen molar-refractivity contribution in [3.63, 3.8) is 0 Å². The molecule has 2 rings (SSSR count). The van der Waals surface area contributed by atoms with E-state index >= 15 is 0 Å². The Hall–Kier alpha value is -1.84. The zero-order valence-electron chi connectivity index (χ0n) is 8.23. The minimum Gasteiger partial charge on any atom is -0.399 e. The van der Waals surface area contributed by atoms with E-state index in [4.69, 9.17) is 5.73 Å². The Labute approximate surface area is 82.4 Å². The van der Waals surface area contributed by atoms with Crippen molar-refractivity contribution in [3.8, 4) is 11.4 Å². The van der Waals surface area contributed by atoms with E-state index in [9.17, 15) is 0 Å². The summed E-state index contributed by atoms with van der Waals surface area (Å²) in [7, 11) is 1.87. The van der Waals surface area contributed by atoms with E-state index in [1.54, 1.807) is 11.0 Å². The molecule has 0 bridgehead atoms. The van der Waals surface area contributed by atoms with Crippen LogP contribution in [0.1, 0.15) is 5.56 Å². The molecule has 0 fully saturated rings. The zero-order chi connectivity index (χ0) is 10.1. The number of hydrogen-bond acceptors (Lipinski definition) is 3. The highest BCUT2D eigenvalue weighted by molar-refractivity contribution is 5.63. The third kappa shape index (κ3) is 1.35. The molecule has 0 spiro atoms. The standard InChI is InChI=1S/C10H12N4/c1-7-5-8(11)3-4-9(7)10-12-6-13-14(10)2/h3-6H,11H2,1-2H3. The lowest BCUT2D eigenvalue weighted by Crippen LogP contribution is -1.97. The number of anilines is 1. The predicted octanol–water partition coefficient (Wildman–Crippen LogP) is 1.37. The van der Waals surface area contributed by atoms with Gasteiger partial charge in [-0.25, -0.2) is 9.67 Å². The van der Waals surface area contributed by atoms with E-state index in [1.807, 2.05) is 32.2 Å². The first-order chi connectivity index (χ1) is 6.68. The third-order valence-corrected chi connectivity index (χ3v) is 2.20. The van der Waals surface area contributed by atoms with Gasteiger partial charge in [-0.15, -0.1) is 0 Å². The summed E-state index contributed by atoms with van der Waals surface area (Å²) in [5.41, 5.74) is 8.63. The van der Waals surface area contributed by atoms with Crippen molar-refractivity contribution >= 4 is 5.69 Å². The van der Waals surface area contributed by atoms with Gasteiger partial charge in [0, 0.05) is 18.3 Å². The number of hydrogen-bond donors (Lipinski definition) is 1. The van der Waals surface area contributed by atoms with Crippen molar-refractivity contribution in [2.24, 2.45) is 7.05 Å². The first-order valence-electron chi connectivity index (χ1n) is 4.39. The van der Waals surface area contributed by atoms with Crippen molar-refractivity contribution < 1.29 is 0 Å². The summed E-state index contributed by atoms with van der Waals surface area (Å²) in [5.74, 6) is 0.863. The largest absolute Gasteiger partial charge is 0.399 e. The van der Waals surface area contributed by atoms with E-state index < -0.39 is 0 Å².